The summed E-state index contributed by atoms with van der Waals surface area (Å²) in [7, 11) is 0. The maximum absolute atomic E-state index is 12.7. The van der Waals surface area contributed by atoms with E-state index in [0.717, 1.165) is 23.7 Å². The highest BCUT2D eigenvalue weighted by atomic mass is 35.5. The average molecular weight is 312 g/mol. The molecule has 3 rings (SSSR count). The highest BCUT2D eigenvalue weighted by Gasteiger charge is 2.34. The number of nitrogens with one attached hydrogen (secondary N) is 1. The molecule has 0 saturated carbocycles. The third-order valence-electron chi connectivity index (χ3n) is 3.91. The average Bonchev–Trinajstić information content (AvgIpc) is 3.03. The zero-order valence-corrected chi connectivity index (χ0v) is 12.6. The fraction of sp³-hybridized carbons (Fsp3) is 0.400. The minimum absolute atomic E-state index is 0.0125. The fourth-order valence-corrected chi connectivity index (χ4v) is 3.52. The monoisotopic (exact) mass is 311 g/mol. The van der Waals surface area contributed by atoms with Crippen molar-refractivity contribution in [3.8, 4) is 0 Å². The predicted molar refractivity (Wildman–Crippen MR) is 80.8 cm³/mol. The number of carbonyl (C=O) groups is 1. The van der Waals surface area contributed by atoms with Crippen LogP contribution in [0.25, 0.3) is 10.9 Å². The van der Waals surface area contributed by atoms with Gasteiger partial charge in [0, 0.05) is 34.3 Å². The van der Waals surface area contributed by atoms with Gasteiger partial charge in [-0.15, -0.1) is 0 Å². The van der Waals surface area contributed by atoms with Gasteiger partial charge in [0.05, 0.1) is 17.0 Å². The van der Waals surface area contributed by atoms with E-state index in [9.17, 15) is 4.79 Å². The van der Waals surface area contributed by atoms with Gasteiger partial charge in [0.1, 0.15) is 0 Å². The van der Waals surface area contributed by atoms with Gasteiger partial charge >= 0.3 is 0 Å². The van der Waals surface area contributed by atoms with Crippen molar-refractivity contribution in [1.29, 1.82) is 0 Å². The van der Waals surface area contributed by atoms with Crippen LogP contribution in [0.15, 0.2) is 18.3 Å². The second kappa shape index (κ2) is 5.40. The second-order valence-corrected chi connectivity index (χ2v) is 5.93. The lowest BCUT2D eigenvalue weighted by Gasteiger charge is -2.15. The van der Waals surface area contributed by atoms with E-state index in [0.29, 0.717) is 22.2 Å². The number of hydrogen-bond donors (Lipinski definition) is 1. The Bertz CT molecular complexity index is 665. The molecule has 2 heterocycles. The van der Waals surface area contributed by atoms with E-state index in [1.165, 1.54) is 0 Å². The van der Waals surface area contributed by atoms with Crippen LogP contribution in [0.3, 0.4) is 0 Å². The molecule has 1 aliphatic rings. The van der Waals surface area contributed by atoms with Crippen LogP contribution in [0.4, 0.5) is 0 Å². The summed E-state index contributed by atoms with van der Waals surface area (Å²) in [6, 6.07) is 3.44. The molecule has 0 spiro atoms. The van der Waals surface area contributed by atoms with Crippen molar-refractivity contribution in [2.24, 2.45) is 5.92 Å². The van der Waals surface area contributed by atoms with Gasteiger partial charge in [0.15, 0.2) is 5.78 Å². The summed E-state index contributed by atoms with van der Waals surface area (Å²) in [6.07, 6.45) is 3.35. The number of aromatic amines is 1. The molecule has 1 N–H and O–H groups in total. The first-order chi connectivity index (χ1) is 9.61. The number of Topliss-reactive ketones (excluding diaryl/α,β-unsaturated/α-hetero) is 1. The van der Waals surface area contributed by atoms with Crippen molar-refractivity contribution in [3.63, 3.8) is 0 Å². The predicted octanol–water partition coefficient (Wildman–Crippen LogP) is 4.47. The zero-order valence-electron chi connectivity index (χ0n) is 11.1. The largest absolute Gasteiger partial charge is 0.377 e. The fourth-order valence-electron chi connectivity index (χ4n) is 2.93. The number of rotatable bonds is 3. The minimum Gasteiger partial charge on any atom is -0.377 e. The lowest BCUT2D eigenvalue weighted by atomic mass is 9.90. The normalized spacial score (nSPS) is 22.6. The van der Waals surface area contributed by atoms with Gasteiger partial charge in [-0.3, -0.25) is 4.79 Å². The molecule has 1 aromatic heterocycles. The zero-order chi connectivity index (χ0) is 14.3. The molecule has 0 bridgehead atoms. The van der Waals surface area contributed by atoms with Crippen LogP contribution in [0, 0.1) is 5.92 Å². The number of carbonyl (C=O) groups excluding carboxylic acids is 1. The Kier molecular flexibility index (Phi) is 3.76. The van der Waals surface area contributed by atoms with Gasteiger partial charge in [-0.1, -0.05) is 30.1 Å². The molecule has 1 saturated heterocycles. The smallest absolute Gasteiger partial charge is 0.170 e. The first-order valence-electron chi connectivity index (χ1n) is 6.73. The third kappa shape index (κ3) is 2.24. The Morgan fingerprint density at radius 2 is 2.25 bits per heavy atom. The number of H-pyrrole nitrogens is 1. The summed E-state index contributed by atoms with van der Waals surface area (Å²) >= 11 is 12.2. The molecule has 1 aromatic carbocycles. The van der Waals surface area contributed by atoms with Crippen LogP contribution in [-0.2, 0) is 4.74 Å². The Morgan fingerprint density at radius 1 is 1.45 bits per heavy atom. The van der Waals surface area contributed by atoms with Gasteiger partial charge < -0.3 is 9.72 Å². The molecular formula is C15H15Cl2NO2. The first-order valence-corrected chi connectivity index (χ1v) is 7.49. The molecule has 0 amide bonds. The minimum atomic E-state index is -0.0780. The summed E-state index contributed by atoms with van der Waals surface area (Å²) < 4.78 is 5.61. The molecule has 106 valence electrons. The molecule has 2 atom stereocenters. The Labute approximate surface area is 127 Å². The van der Waals surface area contributed by atoms with Gasteiger partial charge in [-0.05, 0) is 25.0 Å². The number of fused-ring (bicyclic) bond motifs is 1. The molecule has 0 radical (unpaired) electrons. The van der Waals surface area contributed by atoms with Crippen molar-refractivity contribution in [2.45, 2.75) is 25.9 Å². The van der Waals surface area contributed by atoms with Crippen molar-refractivity contribution in [2.75, 3.05) is 6.61 Å². The van der Waals surface area contributed by atoms with Crippen molar-refractivity contribution in [1.82, 2.24) is 4.98 Å². The lowest BCUT2D eigenvalue weighted by molar-refractivity contribution is 0.0690. The summed E-state index contributed by atoms with van der Waals surface area (Å²) in [4.78, 5) is 15.8. The van der Waals surface area contributed by atoms with E-state index in [2.05, 4.69) is 4.98 Å². The van der Waals surface area contributed by atoms with E-state index < -0.39 is 0 Å². The molecule has 5 heteroatoms. The van der Waals surface area contributed by atoms with Gasteiger partial charge in [-0.25, -0.2) is 0 Å². The molecule has 20 heavy (non-hydrogen) atoms. The molecule has 1 fully saturated rings. The molecule has 2 unspecified atom stereocenters. The van der Waals surface area contributed by atoms with E-state index in [-0.39, 0.29) is 17.8 Å². The number of benzene rings is 1. The molecular weight excluding hydrogens is 297 g/mol. The van der Waals surface area contributed by atoms with Crippen molar-refractivity contribution >= 4 is 39.9 Å². The first kappa shape index (κ1) is 13.9. The lowest BCUT2D eigenvalue weighted by Crippen LogP contribution is -2.23. The number of halogens is 2. The second-order valence-electron chi connectivity index (χ2n) is 5.09. The van der Waals surface area contributed by atoms with Crippen LogP contribution in [0.2, 0.25) is 10.0 Å². The summed E-state index contributed by atoms with van der Waals surface area (Å²) in [5.41, 5.74) is 1.42. The number of ether oxygens (including phenoxy) is 1. The van der Waals surface area contributed by atoms with Crippen LogP contribution in [0.1, 0.15) is 30.1 Å². The number of hydrogen-bond acceptors (Lipinski definition) is 2. The molecule has 2 aromatic rings. The van der Waals surface area contributed by atoms with E-state index in [4.69, 9.17) is 27.9 Å². The van der Waals surface area contributed by atoms with Gasteiger partial charge in [0.2, 0.25) is 0 Å². The van der Waals surface area contributed by atoms with Gasteiger partial charge in [-0.2, -0.15) is 0 Å². The van der Waals surface area contributed by atoms with E-state index >= 15 is 0 Å². The van der Waals surface area contributed by atoms with Gasteiger partial charge in [0.25, 0.3) is 0 Å². The van der Waals surface area contributed by atoms with E-state index in [1.54, 1.807) is 18.3 Å². The highest BCUT2D eigenvalue weighted by Crippen LogP contribution is 2.34. The van der Waals surface area contributed by atoms with Crippen LogP contribution in [-0.4, -0.2) is 23.5 Å². The standard InChI is InChI=1S/C15H15Cl2NO2/c1-2-13-9(3-4-20-13)15(19)10-7-18-12-6-8(16)5-11(17)14(10)12/h5-7,9,13,18H,2-4H2,1H3. The van der Waals surface area contributed by atoms with Crippen LogP contribution >= 0.6 is 23.2 Å². The van der Waals surface area contributed by atoms with Crippen molar-refractivity contribution < 1.29 is 9.53 Å². The van der Waals surface area contributed by atoms with Crippen LogP contribution < -0.4 is 0 Å². The maximum atomic E-state index is 12.7. The SMILES string of the molecule is CCC1OCCC1C(=O)c1c[nH]c2cc(Cl)cc(Cl)c12. The van der Waals surface area contributed by atoms with Crippen molar-refractivity contribution in [3.05, 3.63) is 33.9 Å². The third-order valence-corrected chi connectivity index (χ3v) is 4.43. The highest BCUT2D eigenvalue weighted by molar-refractivity contribution is 6.39. The summed E-state index contributed by atoms with van der Waals surface area (Å²) in [5, 5.41) is 1.81. The molecule has 1 aliphatic heterocycles. The molecule has 0 aliphatic carbocycles. The van der Waals surface area contributed by atoms with E-state index in [1.807, 2.05) is 6.92 Å². The quantitative estimate of drug-likeness (QED) is 0.850. The maximum Gasteiger partial charge on any atom is 0.170 e. The Balaban J connectivity index is 2.04. The summed E-state index contributed by atoms with van der Waals surface area (Å²) in [5.74, 6) is 0.0237. The number of ketones is 1. The topological polar surface area (TPSA) is 42.1 Å². The number of aromatic nitrogens is 1. The Morgan fingerprint density at radius 3 is 3.00 bits per heavy atom. The Hall–Kier alpha value is -1.03. The molecule has 3 nitrogen and oxygen atoms in total. The van der Waals surface area contributed by atoms with Crippen LogP contribution in [0.5, 0.6) is 0 Å². The summed E-state index contributed by atoms with van der Waals surface area (Å²) in [6.45, 7) is 2.69.